The molecule has 21 heavy (non-hydrogen) atoms. The van der Waals surface area contributed by atoms with Crippen LogP contribution in [0.25, 0.3) is 0 Å². The number of aryl methyl sites for hydroxylation is 1. The van der Waals surface area contributed by atoms with Crippen LogP contribution in [0.1, 0.15) is 11.1 Å². The average Bonchev–Trinajstić information content (AvgIpc) is 2.43. The van der Waals surface area contributed by atoms with Gasteiger partial charge in [0.2, 0.25) is 0 Å². The molecule has 0 spiro atoms. The molecular formula is C14H13BrFNO3S. The van der Waals surface area contributed by atoms with E-state index in [4.69, 9.17) is 5.11 Å². The van der Waals surface area contributed by atoms with Gasteiger partial charge in [-0.2, -0.15) is 0 Å². The van der Waals surface area contributed by atoms with Crippen molar-refractivity contribution in [2.24, 2.45) is 0 Å². The summed E-state index contributed by atoms with van der Waals surface area (Å²) in [7, 11) is -3.95. The van der Waals surface area contributed by atoms with Gasteiger partial charge in [0.25, 0.3) is 10.0 Å². The van der Waals surface area contributed by atoms with Crippen LogP contribution < -0.4 is 4.72 Å². The highest BCUT2D eigenvalue weighted by atomic mass is 79.9. The minimum Gasteiger partial charge on any atom is -0.392 e. The standard InChI is InChI=1S/C14H13BrFNO3S/c1-9-5-6-10(8-18)7-13(9)21(19,20)17-14-11(15)3-2-4-12(14)16/h2-7,17-18H,8H2,1H3. The molecule has 0 saturated heterocycles. The Kier molecular flexibility index (Phi) is 4.65. The van der Waals surface area contributed by atoms with Crippen LogP contribution in [0.5, 0.6) is 0 Å². The second kappa shape index (κ2) is 6.13. The van der Waals surface area contributed by atoms with Crippen LogP contribution in [-0.2, 0) is 16.6 Å². The first-order valence-corrected chi connectivity index (χ1v) is 8.30. The van der Waals surface area contributed by atoms with E-state index in [0.717, 1.165) is 0 Å². The summed E-state index contributed by atoms with van der Waals surface area (Å²) in [5.74, 6) is -0.677. The molecule has 112 valence electrons. The number of nitrogens with one attached hydrogen (secondary N) is 1. The molecule has 0 aliphatic carbocycles. The van der Waals surface area contributed by atoms with Gasteiger partial charge in [-0.15, -0.1) is 0 Å². The maximum Gasteiger partial charge on any atom is 0.262 e. The van der Waals surface area contributed by atoms with Crippen molar-refractivity contribution in [2.45, 2.75) is 18.4 Å². The maximum absolute atomic E-state index is 13.7. The first-order valence-electron chi connectivity index (χ1n) is 6.02. The molecule has 0 radical (unpaired) electrons. The number of hydrogen-bond donors (Lipinski definition) is 2. The molecule has 0 heterocycles. The normalized spacial score (nSPS) is 11.4. The van der Waals surface area contributed by atoms with Crippen molar-refractivity contribution in [3.05, 3.63) is 57.8 Å². The van der Waals surface area contributed by atoms with Crippen molar-refractivity contribution in [1.82, 2.24) is 0 Å². The minimum absolute atomic E-state index is 0.00389. The summed E-state index contributed by atoms with van der Waals surface area (Å²) >= 11 is 3.11. The largest absolute Gasteiger partial charge is 0.392 e. The van der Waals surface area contributed by atoms with E-state index in [-0.39, 0.29) is 17.2 Å². The third-order valence-corrected chi connectivity index (χ3v) is 5.08. The zero-order valence-electron chi connectivity index (χ0n) is 11.1. The maximum atomic E-state index is 13.7. The molecule has 0 aliphatic rings. The van der Waals surface area contributed by atoms with Crippen molar-refractivity contribution in [3.8, 4) is 0 Å². The Morgan fingerprint density at radius 1 is 1.29 bits per heavy atom. The van der Waals surface area contributed by atoms with Crippen molar-refractivity contribution in [3.63, 3.8) is 0 Å². The monoisotopic (exact) mass is 373 g/mol. The summed E-state index contributed by atoms with van der Waals surface area (Å²) in [6.45, 7) is 1.36. The van der Waals surface area contributed by atoms with E-state index in [0.29, 0.717) is 15.6 Å². The van der Waals surface area contributed by atoms with Crippen LogP contribution >= 0.6 is 15.9 Å². The van der Waals surface area contributed by atoms with Gasteiger partial charge < -0.3 is 5.11 Å². The van der Waals surface area contributed by atoms with Crippen LogP contribution in [0.2, 0.25) is 0 Å². The van der Waals surface area contributed by atoms with Crippen molar-refractivity contribution >= 4 is 31.6 Å². The summed E-state index contributed by atoms with van der Waals surface area (Å²) in [5.41, 5.74) is 0.826. The third kappa shape index (κ3) is 3.42. The number of hydrogen-bond acceptors (Lipinski definition) is 3. The van der Waals surface area contributed by atoms with E-state index in [1.807, 2.05) is 0 Å². The highest BCUT2D eigenvalue weighted by molar-refractivity contribution is 9.10. The second-order valence-electron chi connectivity index (χ2n) is 4.46. The molecule has 2 N–H and O–H groups in total. The molecule has 0 fully saturated rings. The van der Waals surface area contributed by atoms with E-state index in [9.17, 15) is 12.8 Å². The lowest BCUT2D eigenvalue weighted by atomic mass is 10.2. The average molecular weight is 374 g/mol. The Hall–Kier alpha value is -1.44. The van der Waals surface area contributed by atoms with E-state index in [1.165, 1.54) is 24.3 Å². The predicted octanol–water partition coefficient (Wildman–Crippen LogP) is 3.19. The number of aliphatic hydroxyl groups excluding tert-OH is 1. The van der Waals surface area contributed by atoms with Crippen molar-refractivity contribution in [2.75, 3.05) is 4.72 Å². The van der Waals surface area contributed by atoms with Crippen molar-refractivity contribution in [1.29, 1.82) is 0 Å². The molecule has 0 amide bonds. The Morgan fingerprint density at radius 2 is 2.00 bits per heavy atom. The number of para-hydroxylation sites is 1. The zero-order valence-corrected chi connectivity index (χ0v) is 13.5. The summed E-state index contributed by atoms with van der Waals surface area (Å²) < 4.78 is 41.1. The molecule has 0 unspecified atom stereocenters. The van der Waals surface area contributed by atoms with Crippen LogP contribution in [0, 0.1) is 12.7 Å². The first kappa shape index (κ1) is 15.9. The summed E-state index contributed by atoms with van der Waals surface area (Å²) in [4.78, 5) is 0.00389. The number of sulfonamides is 1. The number of anilines is 1. The van der Waals surface area contributed by atoms with Crippen LogP contribution in [0.3, 0.4) is 0 Å². The molecule has 0 aromatic heterocycles. The van der Waals surface area contributed by atoms with Gasteiger partial charge in [0.1, 0.15) is 5.82 Å². The summed E-state index contributed by atoms with van der Waals surface area (Å²) in [6, 6.07) is 8.77. The Morgan fingerprint density at radius 3 is 2.62 bits per heavy atom. The molecule has 2 aromatic rings. The lowest BCUT2D eigenvalue weighted by Gasteiger charge is -2.13. The second-order valence-corrected chi connectivity index (χ2v) is 6.97. The Bertz CT molecular complexity index is 758. The predicted molar refractivity (Wildman–Crippen MR) is 82.0 cm³/mol. The Balaban J connectivity index is 2.48. The lowest BCUT2D eigenvalue weighted by molar-refractivity contribution is 0.281. The van der Waals surface area contributed by atoms with Crippen LogP contribution in [0.15, 0.2) is 45.8 Å². The molecule has 0 saturated carbocycles. The molecule has 0 aliphatic heterocycles. The van der Waals surface area contributed by atoms with Gasteiger partial charge >= 0.3 is 0 Å². The Labute approximate surface area is 130 Å². The van der Waals surface area contributed by atoms with Gasteiger partial charge in [-0.05, 0) is 52.2 Å². The SMILES string of the molecule is Cc1ccc(CO)cc1S(=O)(=O)Nc1c(F)cccc1Br. The van der Waals surface area contributed by atoms with Gasteiger partial charge in [0.15, 0.2) is 0 Å². The molecular weight excluding hydrogens is 361 g/mol. The number of halogens is 2. The highest BCUT2D eigenvalue weighted by Crippen LogP contribution is 2.28. The molecule has 4 nitrogen and oxygen atoms in total. The van der Waals surface area contributed by atoms with Gasteiger partial charge in [0, 0.05) is 4.47 Å². The molecule has 7 heteroatoms. The summed E-state index contributed by atoms with van der Waals surface area (Å²) in [5, 5.41) is 9.11. The molecule has 2 rings (SSSR count). The van der Waals surface area contributed by atoms with Crippen LogP contribution in [-0.4, -0.2) is 13.5 Å². The van der Waals surface area contributed by atoms with E-state index < -0.39 is 15.8 Å². The van der Waals surface area contributed by atoms with Crippen molar-refractivity contribution < 1.29 is 17.9 Å². The summed E-state index contributed by atoms with van der Waals surface area (Å²) in [6.07, 6.45) is 0. The third-order valence-electron chi connectivity index (χ3n) is 2.92. The highest BCUT2D eigenvalue weighted by Gasteiger charge is 2.20. The fourth-order valence-electron chi connectivity index (χ4n) is 1.82. The van der Waals surface area contributed by atoms with E-state index >= 15 is 0 Å². The smallest absolute Gasteiger partial charge is 0.262 e. The first-order chi connectivity index (χ1) is 9.85. The number of benzene rings is 2. The fraction of sp³-hybridized carbons (Fsp3) is 0.143. The molecule has 2 aromatic carbocycles. The lowest BCUT2D eigenvalue weighted by Crippen LogP contribution is -2.16. The quantitative estimate of drug-likeness (QED) is 0.864. The molecule has 0 atom stereocenters. The van der Waals surface area contributed by atoms with E-state index in [1.54, 1.807) is 19.1 Å². The van der Waals surface area contributed by atoms with Crippen LogP contribution in [0.4, 0.5) is 10.1 Å². The van der Waals surface area contributed by atoms with Gasteiger partial charge in [-0.3, -0.25) is 4.72 Å². The molecule has 0 bridgehead atoms. The topological polar surface area (TPSA) is 66.4 Å². The van der Waals surface area contributed by atoms with Gasteiger partial charge in [-0.1, -0.05) is 18.2 Å². The number of rotatable bonds is 4. The minimum atomic E-state index is -3.95. The zero-order chi connectivity index (χ0) is 15.6. The van der Waals surface area contributed by atoms with E-state index in [2.05, 4.69) is 20.7 Å². The van der Waals surface area contributed by atoms with Gasteiger partial charge in [-0.25, -0.2) is 12.8 Å². The number of aliphatic hydroxyl groups is 1. The fourth-order valence-corrected chi connectivity index (χ4v) is 3.77. The van der Waals surface area contributed by atoms with Gasteiger partial charge in [0.05, 0.1) is 17.2 Å².